The number of thioether (sulfide) groups is 1. The van der Waals surface area contributed by atoms with Crippen LogP contribution in [-0.2, 0) is 9.54 Å². The minimum atomic E-state index is -0.272. The molecule has 0 unspecified atom stereocenters. The number of methoxy groups -OCH3 is 1. The molecule has 1 amide bonds. The van der Waals surface area contributed by atoms with E-state index in [4.69, 9.17) is 10.5 Å². The molecule has 41 heavy (non-hydrogen) atoms. The molecule has 5 heteroatoms. The van der Waals surface area contributed by atoms with Gasteiger partial charge in [-0.1, -0.05) is 118 Å². The van der Waals surface area contributed by atoms with Gasteiger partial charge in [0.2, 0.25) is 5.91 Å². The van der Waals surface area contributed by atoms with Crippen molar-refractivity contribution in [3.8, 4) is 5.75 Å². The van der Waals surface area contributed by atoms with Gasteiger partial charge < -0.3 is 15.8 Å². The summed E-state index contributed by atoms with van der Waals surface area (Å²) in [5.41, 5.74) is 9.40. The molecule has 3 rings (SSSR count). The quantitative estimate of drug-likeness (QED) is 0.0989. The number of benzene rings is 3. The van der Waals surface area contributed by atoms with Crippen LogP contribution in [0.25, 0.3) is 0 Å². The van der Waals surface area contributed by atoms with Crippen LogP contribution >= 0.6 is 11.8 Å². The summed E-state index contributed by atoms with van der Waals surface area (Å²) in [7, 11) is 1.72. The topological polar surface area (TPSA) is 64.3 Å². The first-order valence-electron chi connectivity index (χ1n) is 15.6. The summed E-state index contributed by atoms with van der Waals surface area (Å²) in [6.45, 7) is 1.52. The largest absolute Gasteiger partial charge is 0.497 e. The summed E-state index contributed by atoms with van der Waals surface area (Å²) in [4.78, 5) is 11.9. The number of nitrogens with one attached hydrogen (secondary N) is 1. The second kappa shape index (κ2) is 19.4. The van der Waals surface area contributed by atoms with Crippen LogP contribution < -0.4 is 15.8 Å². The maximum absolute atomic E-state index is 11.9. The average Bonchev–Trinajstić information content (AvgIpc) is 3.02. The molecule has 0 atom stereocenters. The normalized spacial score (nSPS) is 11.4. The number of unbranched alkanes of at least 4 members (excludes halogenated alkanes) is 9. The molecular formula is C36H50N2O2S. The number of carbonyl (C=O) groups is 1. The highest BCUT2D eigenvalue weighted by Gasteiger charge is 2.36. The standard InChI is InChI=1S/C36H50N2O2S/c1-40-34-26-24-33(25-27-34)36(31-19-11-8-12-20-31,32-21-13-9-14-22-32)41-30-18-7-5-3-2-4-6-15-23-35(39)38-29-17-10-16-28-37/h8-9,11-14,19-22,24-27H,2-7,10,15-18,23,28-30,37H2,1H3,(H,38,39). The Kier molecular flexibility index (Phi) is 15.5. The van der Waals surface area contributed by atoms with Gasteiger partial charge in [-0.2, -0.15) is 0 Å². The van der Waals surface area contributed by atoms with Crippen LogP contribution in [0.15, 0.2) is 84.9 Å². The first-order chi connectivity index (χ1) is 20.2. The zero-order valence-corrected chi connectivity index (χ0v) is 25.8. The minimum Gasteiger partial charge on any atom is -0.497 e. The highest BCUT2D eigenvalue weighted by molar-refractivity contribution is 8.00. The van der Waals surface area contributed by atoms with Gasteiger partial charge in [-0.3, -0.25) is 4.79 Å². The molecule has 0 radical (unpaired) electrons. The smallest absolute Gasteiger partial charge is 0.219 e. The van der Waals surface area contributed by atoms with Crippen molar-refractivity contribution in [2.45, 2.75) is 81.8 Å². The van der Waals surface area contributed by atoms with E-state index in [1.54, 1.807) is 7.11 Å². The van der Waals surface area contributed by atoms with Gasteiger partial charge in [0.05, 0.1) is 11.9 Å². The van der Waals surface area contributed by atoms with Crippen molar-refractivity contribution in [1.29, 1.82) is 0 Å². The predicted octanol–water partition coefficient (Wildman–Crippen LogP) is 8.48. The lowest BCUT2D eigenvalue weighted by molar-refractivity contribution is -0.121. The molecule has 0 saturated carbocycles. The van der Waals surface area contributed by atoms with E-state index in [-0.39, 0.29) is 10.7 Å². The van der Waals surface area contributed by atoms with Gasteiger partial charge in [0, 0.05) is 13.0 Å². The van der Waals surface area contributed by atoms with Crippen LogP contribution in [0.5, 0.6) is 5.75 Å². The second-order valence-electron chi connectivity index (χ2n) is 10.8. The third kappa shape index (κ3) is 10.9. The fraction of sp³-hybridized carbons (Fsp3) is 0.472. The lowest BCUT2D eigenvalue weighted by Crippen LogP contribution is -2.26. The third-order valence-corrected chi connectivity index (χ3v) is 9.31. The Hall–Kier alpha value is -2.76. The van der Waals surface area contributed by atoms with E-state index in [0.717, 1.165) is 56.7 Å². The highest BCUT2D eigenvalue weighted by atomic mass is 32.2. The van der Waals surface area contributed by atoms with Gasteiger partial charge in [-0.05, 0) is 66.8 Å². The number of nitrogens with two attached hydrogens (primary N) is 1. The summed E-state index contributed by atoms with van der Waals surface area (Å²) < 4.78 is 5.20. The zero-order valence-electron chi connectivity index (χ0n) is 25.0. The van der Waals surface area contributed by atoms with Gasteiger partial charge in [0.25, 0.3) is 0 Å². The number of rotatable bonds is 21. The molecule has 3 aromatic rings. The molecular weight excluding hydrogens is 524 g/mol. The Morgan fingerprint density at radius 3 is 1.76 bits per heavy atom. The molecule has 0 aliphatic heterocycles. The fourth-order valence-electron chi connectivity index (χ4n) is 5.36. The lowest BCUT2D eigenvalue weighted by Gasteiger charge is -2.35. The van der Waals surface area contributed by atoms with Gasteiger partial charge >= 0.3 is 0 Å². The molecule has 0 aliphatic rings. The fourth-order valence-corrected chi connectivity index (χ4v) is 6.92. The summed E-state index contributed by atoms with van der Waals surface area (Å²) >= 11 is 2.04. The van der Waals surface area contributed by atoms with Crippen LogP contribution in [0.4, 0.5) is 0 Å². The predicted molar refractivity (Wildman–Crippen MR) is 176 cm³/mol. The van der Waals surface area contributed by atoms with Crippen molar-refractivity contribution >= 4 is 17.7 Å². The van der Waals surface area contributed by atoms with Crippen LogP contribution in [0, 0.1) is 0 Å². The summed E-state index contributed by atoms with van der Waals surface area (Å²) in [6.07, 6.45) is 13.5. The van der Waals surface area contributed by atoms with Crippen LogP contribution in [0.3, 0.4) is 0 Å². The van der Waals surface area contributed by atoms with E-state index in [2.05, 4.69) is 90.2 Å². The van der Waals surface area contributed by atoms with Crippen molar-refractivity contribution in [3.63, 3.8) is 0 Å². The van der Waals surface area contributed by atoms with Crippen LogP contribution in [0.2, 0.25) is 0 Å². The van der Waals surface area contributed by atoms with Gasteiger partial charge in [-0.25, -0.2) is 0 Å². The Labute approximate surface area is 252 Å². The van der Waals surface area contributed by atoms with Gasteiger partial charge in [0.1, 0.15) is 5.75 Å². The summed E-state index contributed by atoms with van der Waals surface area (Å²) in [5, 5.41) is 3.03. The molecule has 0 aromatic heterocycles. The molecule has 0 heterocycles. The number of amides is 1. The maximum Gasteiger partial charge on any atom is 0.219 e. The number of hydrogen-bond donors (Lipinski definition) is 2. The first kappa shape index (κ1) is 32.8. The van der Waals surface area contributed by atoms with Crippen LogP contribution in [0.1, 0.15) is 93.7 Å². The van der Waals surface area contributed by atoms with E-state index in [0.29, 0.717) is 6.42 Å². The van der Waals surface area contributed by atoms with Crippen molar-refractivity contribution in [1.82, 2.24) is 5.32 Å². The van der Waals surface area contributed by atoms with Crippen molar-refractivity contribution < 1.29 is 9.53 Å². The molecule has 4 nitrogen and oxygen atoms in total. The monoisotopic (exact) mass is 574 g/mol. The van der Waals surface area contributed by atoms with E-state index in [1.807, 2.05) is 11.8 Å². The Morgan fingerprint density at radius 2 is 1.20 bits per heavy atom. The molecule has 0 bridgehead atoms. The Balaban J connectivity index is 1.44. The second-order valence-corrected chi connectivity index (χ2v) is 12.1. The van der Waals surface area contributed by atoms with E-state index in [9.17, 15) is 4.79 Å². The molecule has 0 saturated heterocycles. The van der Waals surface area contributed by atoms with Gasteiger partial charge in [-0.15, -0.1) is 11.8 Å². The number of hydrogen-bond acceptors (Lipinski definition) is 4. The maximum atomic E-state index is 11.9. The highest BCUT2D eigenvalue weighted by Crippen LogP contribution is 2.49. The Morgan fingerprint density at radius 1 is 0.683 bits per heavy atom. The molecule has 0 spiro atoms. The van der Waals surface area contributed by atoms with E-state index in [1.165, 1.54) is 55.2 Å². The third-order valence-electron chi connectivity index (χ3n) is 7.68. The molecule has 3 aromatic carbocycles. The minimum absolute atomic E-state index is 0.201. The first-order valence-corrected chi connectivity index (χ1v) is 16.6. The van der Waals surface area contributed by atoms with Crippen molar-refractivity contribution in [2.75, 3.05) is 26.0 Å². The Bertz CT molecular complexity index is 1050. The molecule has 0 fully saturated rings. The van der Waals surface area contributed by atoms with Crippen LogP contribution in [-0.4, -0.2) is 31.9 Å². The average molecular weight is 575 g/mol. The molecule has 0 aliphatic carbocycles. The molecule has 3 N–H and O–H groups in total. The number of ether oxygens (including phenoxy) is 1. The zero-order chi connectivity index (χ0) is 29.0. The van der Waals surface area contributed by atoms with Crippen molar-refractivity contribution in [2.24, 2.45) is 5.73 Å². The van der Waals surface area contributed by atoms with E-state index >= 15 is 0 Å². The lowest BCUT2D eigenvalue weighted by atomic mass is 9.84. The number of carbonyl (C=O) groups excluding carboxylic acids is 1. The van der Waals surface area contributed by atoms with Crippen molar-refractivity contribution in [3.05, 3.63) is 102 Å². The SMILES string of the molecule is COc1ccc(C(SCCCCCCCCCCC(=O)NCCCCCN)(c2ccccc2)c2ccccc2)cc1. The summed E-state index contributed by atoms with van der Waals surface area (Å²) in [5.74, 6) is 2.18. The molecule has 222 valence electrons. The van der Waals surface area contributed by atoms with E-state index < -0.39 is 0 Å². The van der Waals surface area contributed by atoms with Gasteiger partial charge in [0.15, 0.2) is 0 Å². The summed E-state index contributed by atoms with van der Waals surface area (Å²) in [6, 6.07) is 30.4.